The molecule has 0 fully saturated rings. The van der Waals surface area contributed by atoms with Gasteiger partial charge in [0.05, 0.1) is 11.0 Å². The Morgan fingerprint density at radius 2 is 2.32 bits per heavy atom. The van der Waals surface area contributed by atoms with Crippen LogP contribution >= 0.6 is 38.9 Å². The number of rotatable bonds is 5. The van der Waals surface area contributed by atoms with Gasteiger partial charge in [-0.3, -0.25) is 0 Å². The first kappa shape index (κ1) is 15.7. The summed E-state index contributed by atoms with van der Waals surface area (Å²) in [6, 6.07) is 4.05. The second kappa shape index (κ2) is 6.54. The van der Waals surface area contributed by atoms with E-state index < -0.39 is 0 Å². The van der Waals surface area contributed by atoms with Crippen LogP contribution in [-0.2, 0) is 13.0 Å². The first-order chi connectivity index (χ1) is 10.5. The molecule has 0 aliphatic heterocycles. The van der Waals surface area contributed by atoms with Crippen LogP contribution in [0.4, 0.5) is 5.82 Å². The van der Waals surface area contributed by atoms with E-state index in [-0.39, 0.29) is 11.3 Å². The second-order valence-electron chi connectivity index (χ2n) is 4.97. The van der Waals surface area contributed by atoms with Gasteiger partial charge < -0.3 is 15.5 Å². The van der Waals surface area contributed by atoms with Crippen molar-refractivity contribution in [3.8, 4) is 0 Å². The average molecular weight is 402 g/mol. The van der Waals surface area contributed by atoms with E-state index in [0.29, 0.717) is 29.9 Å². The quantitative estimate of drug-likeness (QED) is 0.626. The van der Waals surface area contributed by atoms with Crippen LogP contribution < -0.4 is 11.1 Å². The van der Waals surface area contributed by atoms with Gasteiger partial charge in [-0.05, 0) is 45.9 Å². The standard InChI is InChI=1S/C14H14BrClN4OS/c1-7(17)5-9-10(15)11-12(21-9)13(20-14(16)19-11)18-6-8-3-2-4-22-8/h2-4,7H,5-6,17H2,1H3,(H,18,19,20). The summed E-state index contributed by atoms with van der Waals surface area (Å²) in [5, 5.41) is 5.46. The number of nitrogens with zero attached hydrogens (tertiary/aromatic N) is 2. The largest absolute Gasteiger partial charge is 0.454 e. The van der Waals surface area contributed by atoms with Gasteiger partial charge in [0.25, 0.3) is 0 Å². The molecule has 3 aromatic heterocycles. The number of halogens is 2. The fourth-order valence-electron chi connectivity index (χ4n) is 2.10. The van der Waals surface area contributed by atoms with Gasteiger partial charge in [-0.25, -0.2) is 4.98 Å². The number of nitrogens with two attached hydrogens (primary N) is 1. The third-order valence-corrected chi connectivity index (χ3v) is 4.90. The maximum absolute atomic E-state index is 6.02. The topological polar surface area (TPSA) is 77.0 Å². The zero-order valence-corrected chi connectivity index (χ0v) is 14.9. The molecule has 0 aromatic carbocycles. The lowest BCUT2D eigenvalue weighted by Gasteiger charge is -2.04. The monoisotopic (exact) mass is 400 g/mol. The van der Waals surface area contributed by atoms with Crippen LogP contribution in [-0.4, -0.2) is 16.0 Å². The molecule has 0 aliphatic rings. The van der Waals surface area contributed by atoms with Crippen molar-refractivity contribution < 1.29 is 4.42 Å². The third kappa shape index (κ3) is 3.27. The van der Waals surface area contributed by atoms with Gasteiger partial charge >= 0.3 is 0 Å². The summed E-state index contributed by atoms with van der Waals surface area (Å²) < 4.78 is 6.68. The van der Waals surface area contributed by atoms with Crippen LogP contribution in [0.1, 0.15) is 17.6 Å². The molecule has 1 atom stereocenters. The molecule has 0 radical (unpaired) electrons. The Morgan fingerprint density at radius 3 is 3.00 bits per heavy atom. The Morgan fingerprint density at radius 1 is 1.50 bits per heavy atom. The Balaban J connectivity index is 1.98. The minimum Gasteiger partial charge on any atom is -0.454 e. The van der Waals surface area contributed by atoms with Crippen molar-refractivity contribution in [2.24, 2.45) is 5.73 Å². The number of hydrogen-bond donors (Lipinski definition) is 2. The summed E-state index contributed by atoms with van der Waals surface area (Å²) in [4.78, 5) is 9.68. The number of fused-ring (bicyclic) bond motifs is 1. The second-order valence-corrected chi connectivity index (χ2v) is 7.14. The summed E-state index contributed by atoms with van der Waals surface area (Å²) in [6.45, 7) is 2.58. The summed E-state index contributed by atoms with van der Waals surface area (Å²) >= 11 is 11.2. The van der Waals surface area contributed by atoms with Crippen LogP contribution in [0.25, 0.3) is 11.1 Å². The summed E-state index contributed by atoms with van der Waals surface area (Å²) in [5.41, 5.74) is 7.09. The van der Waals surface area contributed by atoms with Crippen LogP contribution in [0.3, 0.4) is 0 Å². The zero-order chi connectivity index (χ0) is 15.7. The Labute approximate surface area is 145 Å². The Kier molecular flexibility index (Phi) is 4.67. The highest BCUT2D eigenvalue weighted by Gasteiger charge is 2.19. The molecule has 0 aliphatic carbocycles. The van der Waals surface area contributed by atoms with Gasteiger partial charge in [-0.2, -0.15) is 4.98 Å². The van der Waals surface area contributed by atoms with Crippen molar-refractivity contribution in [1.82, 2.24) is 9.97 Å². The lowest BCUT2D eigenvalue weighted by molar-refractivity contribution is 0.522. The van der Waals surface area contributed by atoms with E-state index in [1.54, 1.807) is 11.3 Å². The molecule has 22 heavy (non-hydrogen) atoms. The lowest BCUT2D eigenvalue weighted by atomic mass is 10.2. The van der Waals surface area contributed by atoms with Gasteiger partial charge in [0, 0.05) is 17.3 Å². The van der Waals surface area contributed by atoms with Crippen molar-refractivity contribution in [2.75, 3.05) is 5.32 Å². The average Bonchev–Trinajstić information content (AvgIpc) is 3.07. The first-order valence-electron chi connectivity index (χ1n) is 6.71. The summed E-state index contributed by atoms with van der Waals surface area (Å²) in [5.74, 6) is 1.33. The predicted octanol–water partition coefficient (Wildman–Crippen LogP) is 4.20. The van der Waals surface area contributed by atoms with Crippen molar-refractivity contribution in [1.29, 1.82) is 0 Å². The molecule has 3 rings (SSSR count). The van der Waals surface area contributed by atoms with Crippen molar-refractivity contribution in [3.05, 3.63) is 37.9 Å². The van der Waals surface area contributed by atoms with Crippen molar-refractivity contribution in [3.63, 3.8) is 0 Å². The molecular formula is C14H14BrClN4OS. The SMILES string of the molecule is CC(N)Cc1oc2c(NCc3cccs3)nc(Cl)nc2c1Br. The minimum atomic E-state index is -0.0113. The molecule has 3 aromatic rings. The molecule has 3 heterocycles. The number of anilines is 1. The van der Waals surface area contributed by atoms with E-state index in [0.717, 1.165) is 10.2 Å². The Hall–Kier alpha value is -1.15. The third-order valence-electron chi connectivity index (χ3n) is 3.03. The lowest BCUT2D eigenvalue weighted by Crippen LogP contribution is -2.17. The highest BCUT2D eigenvalue weighted by molar-refractivity contribution is 9.10. The highest BCUT2D eigenvalue weighted by atomic mass is 79.9. The maximum Gasteiger partial charge on any atom is 0.225 e. The van der Waals surface area contributed by atoms with E-state index >= 15 is 0 Å². The van der Waals surface area contributed by atoms with Crippen LogP contribution in [0.2, 0.25) is 5.28 Å². The molecule has 3 N–H and O–H groups in total. The van der Waals surface area contributed by atoms with E-state index in [2.05, 4.69) is 37.3 Å². The molecule has 116 valence electrons. The molecule has 1 unspecified atom stereocenters. The summed E-state index contributed by atoms with van der Waals surface area (Å²) in [6.07, 6.45) is 0.610. The van der Waals surface area contributed by atoms with Gasteiger partial charge in [-0.15, -0.1) is 11.3 Å². The van der Waals surface area contributed by atoms with Gasteiger partial charge in [0.1, 0.15) is 11.3 Å². The number of furan rings is 1. The van der Waals surface area contributed by atoms with Gasteiger partial charge in [0.2, 0.25) is 5.28 Å². The molecule has 0 saturated heterocycles. The summed E-state index contributed by atoms with van der Waals surface area (Å²) in [7, 11) is 0. The number of thiophene rings is 1. The molecule has 0 saturated carbocycles. The molecule has 0 spiro atoms. The van der Waals surface area contributed by atoms with Crippen LogP contribution in [0.15, 0.2) is 26.4 Å². The van der Waals surface area contributed by atoms with E-state index in [4.69, 9.17) is 21.8 Å². The predicted molar refractivity (Wildman–Crippen MR) is 93.5 cm³/mol. The minimum absolute atomic E-state index is 0.0113. The molecule has 8 heteroatoms. The zero-order valence-electron chi connectivity index (χ0n) is 11.8. The number of nitrogens with one attached hydrogen (secondary N) is 1. The van der Waals surface area contributed by atoms with Gasteiger partial charge in [0.15, 0.2) is 11.4 Å². The molecule has 0 bridgehead atoms. The van der Waals surface area contributed by atoms with Crippen molar-refractivity contribution >= 4 is 55.8 Å². The van der Waals surface area contributed by atoms with E-state index in [1.165, 1.54) is 4.88 Å². The molecule has 5 nitrogen and oxygen atoms in total. The van der Waals surface area contributed by atoms with Gasteiger partial charge in [-0.1, -0.05) is 6.07 Å². The smallest absolute Gasteiger partial charge is 0.225 e. The fourth-order valence-corrected chi connectivity index (χ4v) is 3.42. The molecule has 0 amide bonds. The normalized spacial score (nSPS) is 12.7. The fraction of sp³-hybridized carbons (Fsp3) is 0.286. The first-order valence-corrected chi connectivity index (χ1v) is 8.76. The maximum atomic E-state index is 6.02. The number of hydrogen-bond acceptors (Lipinski definition) is 6. The van der Waals surface area contributed by atoms with Crippen LogP contribution in [0.5, 0.6) is 0 Å². The van der Waals surface area contributed by atoms with Crippen molar-refractivity contribution in [2.45, 2.75) is 25.9 Å². The van der Waals surface area contributed by atoms with Crippen LogP contribution in [0, 0.1) is 0 Å². The number of aromatic nitrogens is 2. The highest BCUT2D eigenvalue weighted by Crippen LogP contribution is 2.34. The van der Waals surface area contributed by atoms with E-state index in [1.807, 2.05) is 18.4 Å². The van der Waals surface area contributed by atoms with E-state index in [9.17, 15) is 0 Å². The Bertz CT molecular complexity index is 788. The molecular weight excluding hydrogens is 388 g/mol.